The molecule has 0 saturated carbocycles. The lowest BCUT2D eigenvalue weighted by Crippen LogP contribution is -2.49. The molecule has 1 aliphatic rings. The highest BCUT2D eigenvalue weighted by molar-refractivity contribution is 7.89. The van der Waals surface area contributed by atoms with Gasteiger partial charge in [-0.1, -0.05) is 6.07 Å². The van der Waals surface area contributed by atoms with Gasteiger partial charge >= 0.3 is 5.97 Å². The van der Waals surface area contributed by atoms with E-state index in [0.717, 1.165) is 18.2 Å². The monoisotopic (exact) mass is 480 g/mol. The second-order valence-corrected chi connectivity index (χ2v) is 9.42. The lowest BCUT2D eigenvalue weighted by Gasteiger charge is -2.33. The lowest BCUT2D eigenvalue weighted by molar-refractivity contribution is -0.129. The maximum absolute atomic E-state index is 13.4. The van der Waals surface area contributed by atoms with Gasteiger partial charge in [-0.3, -0.25) is 9.59 Å². The third-order valence-corrected chi connectivity index (χ3v) is 7.14. The summed E-state index contributed by atoms with van der Waals surface area (Å²) in [5.41, 5.74) is -0.265. The van der Waals surface area contributed by atoms with Crippen LogP contribution in [0.15, 0.2) is 47.4 Å². The maximum Gasteiger partial charge on any atom is 0.338 e. The van der Waals surface area contributed by atoms with Gasteiger partial charge < -0.3 is 9.64 Å². The van der Waals surface area contributed by atoms with Crippen LogP contribution in [0.5, 0.6) is 0 Å². The molecule has 1 saturated heterocycles. The number of carbonyl (C=O) groups is 3. The van der Waals surface area contributed by atoms with Gasteiger partial charge in [0.2, 0.25) is 21.7 Å². The van der Waals surface area contributed by atoms with Gasteiger partial charge in [0.05, 0.1) is 10.5 Å². The Hall–Kier alpha value is -3.18. The van der Waals surface area contributed by atoms with Crippen LogP contribution in [0.25, 0.3) is 0 Å². The Morgan fingerprint density at radius 2 is 1.61 bits per heavy atom. The number of nitrogens with zero attached hydrogens (tertiary/aromatic N) is 2. The summed E-state index contributed by atoms with van der Waals surface area (Å²) in [6.45, 7) is 3.46. The van der Waals surface area contributed by atoms with Crippen molar-refractivity contribution in [2.75, 3.05) is 26.2 Å². The Morgan fingerprint density at radius 3 is 2.21 bits per heavy atom. The second-order valence-electron chi connectivity index (χ2n) is 7.48. The molecule has 0 aliphatic carbocycles. The van der Waals surface area contributed by atoms with Crippen molar-refractivity contribution in [1.82, 2.24) is 9.21 Å². The average molecular weight is 480 g/mol. The molecule has 11 heteroatoms. The first-order valence-corrected chi connectivity index (χ1v) is 11.5. The van der Waals surface area contributed by atoms with Crippen molar-refractivity contribution in [3.05, 3.63) is 65.2 Å². The molecule has 1 fully saturated rings. The number of rotatable bonds is 6. The summed E-state index contributed by atoms with van der Waals surface area (Å²) in [5, 5.41) is 0. The molecular formula is C22H22F2N2O6S. The third-order valence-electron chi connectivity index (χ3n) is 5.25. The molecule has 8 nitrogen and oxygen atoms in total. The van der Waals surface area contributed by atoms with Crippen molar-refractivity contribution >= 4 is 27.7 Å². The number of carbonyl (C=O) groups excluding carboxylic acids is 3. The normalized spacial score (nSPS) is 15.7. The van der Waals surface area contributed by atoms with Gasteiger partial charge in [-0.25, -0.2) is 22.0 Å². The van der Waals surface area contributed by atoms with E-state index >= 15 is 0 Å². The highest BCUT2D eigenvalue weighted by Gasteiger charge is 2.30. The van der Waals surface area contributed by atoms with Crippen LogP contribution in [0.2, 0.25) is 0 Å². The summed E-state index contributed by atoms with van der Waals surface area (Å²) in [7, 11) is -3.92. The van der Waals surface area contributed by atoms with Gasteiger partial charge in [0.15, 0.2) is 17.7 Å². The minimum atomic E-state index is -3.92. The number of piperazine rings is 1. The summed E-state index contributed by atoms with van der Waals surface area (Å²) in [6, 6.07) is 7.76. The van der Waals surface area contributed by atoms with Crippen molar-refractivity contribution in [2.45, 2.75) is 24.8 Å². The summed E-state index contributed by atoms with van der Waals surface area (Å²) in [6.07, 6.45) is -1.32. The number of esters is 1. The molecule has 33 heavy (non-hydrogen) atoms. The van der Waals surface area contributed by atoms with Gasteiger partial charge in [0.25, 0.3) is 0 Å². The topological polar surface area (TPSA) is 101 Å². The number of sulfonamides is 1. The second kappa shape index (κ2) is 9.75. The first kappa shape index (κ1) is 24.5. The molecule has 3 rings (SSSR count). The van der Waals surface area contributed by atoms with E-state index in [0.29, 0.717) is 6.07 Å². The zero-order valence-corrected chi connectivity index (χ0v) is 18.8. The Labute approximate surface area is 189 Å². The fourth-order valence-corrected chi connectivity index (χ4v) is 4.81. The van der Waals surface area contributed by atoms with Crippen molar-refractivity contribution in [1.29, 1.82) is 0 Å². The van der Waals surface area contributed by atoms with Gasteiger partial charge in [-0.05, 0) is 43.3 Å². The summed E-state index contributed by atoms with van der Waals surface area (Å²) < 4.78 is 58.7. The van der Waals surface area contributed by atoms with Crippen LogP contribution in [0.3, 0.4) is 0 Å². The van der Waals surface area contributed by atoms with E-state index in [1.165, 1.54) is 36.4 Å². The zero-order chi connectivity index (χ0) is 24.3. The average Bonchev–Trinajstić information content (AvgIpc) is 2.80. The van der Waals surface area contributed by atoms with Gasteiger partial charge in [0.1, 0.15) is 0 Å². The van der Waals surface area contributed by atoms with Crippen LogP contribution in [0.4, 0.5) is 8.78 Å². The minimum Gasteiger partial charge on any atom is -0.451 e. The molecule has 2 aromatic carbocycles. The Bertz CT molecular complexity index is 1190. The van der Waals surface area contributed by atoms with Crippen molar-refractivity contribution < 1.29 is 36.3 Å². The maximum atomic E-state index is 13.4. The molecule has 1 unspecified atom stereocenters. The Kier molecular flexibility index (Phi) is 7.23. The van der Waals surface area contributed by atoms with Gasteiger partial charge in [-0.2, -0.15) is 4.31 Å². The molecule has 1 aliphatic heterocycles. The molecule has 2 aromatic rings. The first-order valence-electron chi connectivity index (χ1n) is 10.1. The molecule has 0 spiro atoms. The predicted octanol–water partition coefficient (Wildman–Crippen LogP) is 2.25. The minimum absolute atomic E-state index is 0.0941. The number of hydrogen-bond donors (Lipinski definition) is 0. The number of ketones is 1. The molecule has 1 atom stereocenters. The van der Waals surface area contributed by atoms with E-state index in [1.807, 2.05) is 0 Å². The number of ether oxygens (including phenoxy) is 1. The van der Waals surface area contributed by atoms with Crippen LogP contribution in [-0.2, 0) is 19.6 Å². The van der Waals surface area contributed by atoms with Crippen LogP contribution in [0, 0.1) is 11.6 Å². The highest BCUT2D eigenvalue weighted by Crippen LogP contribution is 2.20. The summed E-state index contributed by atoms with van der Waals surface area (Å²) in [4.78, 5) is 37.8. The van der Waals surface area contributed by atoms with E-state index in [9.17, 15) is 31.6 Å². The van der Waals surface area contributed by atoms with Crippen molar-refractivity contribution in [3.8, 4) is 0 Å². The zero-order valence-electron chi connectivity index (χ0n) is 18.0. The molecular weight excluding hydrogens is 458 g/mol. The fraction of sp³-hybridized carbons (Fsp3) is 0.318. The first-order chi connectivity index (χ1) is 15.5. The summed E-state index contributed by atoms with van der Waals surface area (Å²) in [5.74, 6) is -4.14. The predicted molar refractivity (Wildman–Crippen MR) is 113 cm³/mol. The molecule has 0 radical (unpaired) electrons. The van der Waals surface area contributed by atoms with E-state index in [1.54, 1.807) is 4.90 Å². The standard InChI is InChI=1S/C22H22F2N2O6S/c1-14(21(28)16-6-7-19(23)20(24)13-16)32-22(29)17-4-3-5-18(12-17)33(30,31)26-10-8-25(9-11-26)15(2)27/h3-7,12-14H,8-11H2,1-2H3. The summed E-state index contributed by atoms with van der Waals surface area (Å²) >= 11 is 0. The van der Waals surface area contributed by atoms with Gasteiger partial charge in [0, 0.05) is 38.7 Å². The van der Waals surface area contributed by atoms with Crippen molar-refractivity contribution in [2.24, 2.45) is 0 Å². The molecule has 0 N–H and O–H groups in total. The fourth-order valence-electron chi connectivity index (χ4n) is 3.34. The molecule has 0 aromatic heterocycles. The van der Waals surface area contributed by atoms with E-state index in [4.69, 9.17) is 4.74 Å². The molecule has 0 bridgehead atoms. The molecule has 1 amide bonds. The quantitative estimate of drug-likeness (QED) is 0.464. The van der Waals surface area contributed by atoms with E-state index in [-0.39, 0.29) is 48.1 Å². The highest BCUT2D eigenvalue weighted by atomic mass is 32.2. The van der Waals surface area contributed by atoms with E-state index < -0.39 is 39.5 Å². The van der Waals surface area contributed by atoms with Crippen LogP contribution >= 0.6 is 0 Å². The SMILES string of the molecule is CC(=O)N1CCN(S(=O)(=O)c2cccc(C(=O)OC(C)C(=O)c3ccc(F)c(F)c3)c2)CC1. The molecule has 176 valence electrons. The van der Waals surface area contributed by atoms with Crippen LogP contribution < -0.4 is 0 Å². The van der Waals surface area contributed by atoms with Crippen LogP contribution in [-0.4, -0.2) is 67.6 Å². The van der Waals surface area contributed by atoms with Gasteiger partial charge in [-0.15, -0.1) is 0 Å². The largest absolute Gasteiger partial charge is 0.451 e. The Morgan fingerprint density at radius 1 is 0.939 bits per heavy atom. The number of hydrogen-bond acceptors (Lipinski definition) is 6. The number of benzene rings is 2. The Balaban J connectivity index is 1.72. The number of halogens is 2. The van der Waals surface area contributed by atoms with E-state index in [2.05, 4.69) is 0 Å². The smallest absolute Gasteiger partial charge is 0.338 e. The number of amides is 1. The lowest BCUT2D eigenvalue weighted by atomic mass is 10.1. The van der Waals surface area contributed by atoms with Crippen molar-refractivity contribution in [3.63, 3.8) is 0 Å². The number of Topliss-reactive ketones (excluding diaryl/α,β-unsaturated/α-hetero) is 1. The van der Waals surface area contributed by atoms with Crippen LogP contribution in [0.1, 0.15) is 34.6 Å². The molecule has 1 heterocycles. The third kappa shape index (κ3) is 5.42.